The van der Waals surface area contributed by atoms with E-state index < -0.39 is 11.9 Å². The molecule has 16 heavy (non-hydrogen) atoms. The van der Waals surface area contributed by atoms with Gasteiger partial charge in [0.25, 0.3) is 0 Å². The molecule has 0 heterocycles. The molecule has 3 N–H and O–H groups in total. The average Bonchev–Trinajstić information content (AvgIpc) is 2.25. The third-order valence-electron chi connectivity index (χ3n) is 2.00. The monoisotopic (exact) mass is 217 g/mol. The summed E-state index contributed by atoms with van der Waals surface area (Å²) in [5.74, 6) is -2.00. The number of carbonyl (C=O) groups is 2. The Morgan fingerprint density at radius 1 is 1.31 bits per heavy atom. The standard InChI is InChI=1S/C12H11NO3/c1-2-8-5-3-4-6-9(8)10(12(13)16)7-11(14)15/h2-7H,1H2,(H2,13,16)(H,14,15)/b10-7-. The van der Waals surface area contributed by atoms with Crippen molar-refractivity contribution in [2.45, 2.75) is 0 Å². The number of nitrogens with two attached hydrogens (primary N) is 1. The molecule has 0 atom stereocenters. The lowest BCUT2D eigenvalue weighted by Crippen LogP contribution is -2.15. The molecule has 1 rings (SSSR count). The zero-order chi connectivity index (χ0) is 12.1. The van der Waals surface area contributed by atoms with Crippen LogP contribution in [0.4, 0.5) is 0 Å². The molecule has 1 amide bonds. The van der Waals surface area contributed by atoms with E-state index in [2.05, 4.69) is 6.58 Å². The van der Waals surface area contributed by atoms with E-state index in [1.54, 1.807) is 24.3 Å². The summed E-state index contributed by atoms with van der Waals surface area (Å²) in [6, 6.07) is 6.80. The van der Waals surface area contributed by atoms with Crippen LogP contribution in [0, 0.1) is 0 Å². The average molecular weight is 217 g/mol. The molecular weight excluding hydrogens is 206 g/mol. The third-order valence-corrected chi connectivity index (χ3v) is 2.00. The summed E-state index contributed by atoms with van der Waals surface area (Å²) in [7, 11) is 0. The molecule has 0 aliphatic carbocycles. The lowest BCUT2D eigenvalue weighted by atomic mass is 9.99. The number of primary amides is 1. The van der Waals surface area contributed by atoms with Crippen molar-refractivity contribution >= 4 is 23.5 Å². The van der Waals surface area contributed by atoms with E-state index in [0.717, 1.165) is 6.08 Å². The van der Waals surface area contributed by atoms with Crippen LogP contribution in [0.1, 0.15) is 11.1 Å². The van der Waals surface area contributed by atoms with Crippen molar-refractivity contribution in [3.8, 4) is 0 Å². The lowest BCUT2D eigenvalue weighted by Gasteiger charge is -2.06. The number of hydrogen-bond donors (Lipinski definition) is 2. The van der Waals surface area contributed by atoms with Crippen molar-refractivity contribution in [1.82, 2.24) is 0 Å². The maximum absolute atomic E-state index is 11.2. The van der Waals surface area contributed by atoms with Crippen LogP contribution in [0.15, 0.2) is 36.9 Å². The molecule has 0 saturated heterocycles. The van der Waals surface area contributed by atoms with Crippen LogP contribution in [0.3, 0.4) is 0 Å². The second-order valence-electron chi connectivity index (χ2n) is 3.05. The molecule has 0 fully saturated rings. The second-order valence-corrected chi connectivity index (χ2v) is 3.05. The number of carboxylic acid groups (broad SMARTS) is 1. The summed E-state index contributed by atoms with van der Waals surface area (Å²) in [5, 5.41) is 8.65. The van der Waals surface area contributed by atoms with Gasteiger partial charge in [0.15, 0.2) is 0 Å². The first kappa shape index (κ1) is 11.7. The van der Waals surface area contributed by atoms with Gasteiger partial charge in [0.1, 0.15) is 0 Å². The van der Waals surface area contributed by atoms with E-state index in [0.29, 0.717) is 11.1 Å². The summed E-state index contributed by atoms with van der Waals surface area (Å²) < 4.78 is 0. The van der Waals surface area contributed by atoms with Crippen molar-refractivity contribution in [3.63, 3.8) is 0 Å². The van der Waals surface area contributed by atoms with Crippen LogP contribution in [0.25, 0.3) is 11.6 Å². The normalized spacial score (nSPS) is 10.9. The van der Waals surface area contributed by atoms with Gasteiger partial charge in [-0.15, -0.1) is 0 Å². The van der Waals surface area contributed by atoms with Crippen molar-refractivity contribution in [2.24, 2.45) is 5.73 Å². The summed E-state index contributed by atoms with van der Waals surface area (Å²) in [4.78, 5) is 21.7. The zero-order valence-electron chi connectivity index (χ0n) is 8.51. The Kier molecular flexibility index (Phi) is 3.61. The predicted molar refractivity (Wildman–Crippen MR) is 61.3 cm³/mol. The maximum Gasteiger partial charge on any atom is 0.329 e. The fourth-order valence-corrected chi connectivity index (χ4v) is 1.33. The van der Waals surface area contributed by atoms with Gasteiger partial charge in [0.2, 0.25) is 5.91 Å². The molecule has 0 aliphatic rings. The van der Waals surface area contributed by atoms with Gasteiger partial charge in [-0.1, -0.05) is 36.9 Å². The van der Waals surface area contributed by atoms with E-state index in [9.17, 15) is 9.59 Å². The van der Waals surface area contributed by atoms with Gasteiger partial charge >= 0.3 is 5.97 Å². The topological polar surface area (TPSA) is 80.4 Å². The fourth-order valence-electron chi connectivity index (χ4n) is 1.33. The smallest absolute Gasteiger partial charge is 0.329 e. The van der Waals surface area contributed by atoms with E-state index >= 15 is 0 Å². The van der Waals surface area contributed by atoms with Gasteiger partial charge in [-0.25, -0.2) is 4.79 Å². The highest BCUT2D eigenvalue weighted by molar-refractivity contribution is 6.22. The predicted octanol–water partition coefficient (Wildman–Crippen LogP) is 1.28. The van der Waals surface area contributed by atoms with Crippen molar-refractivity contribution in [1.29, 1.82) is 0 Å². The Balaban J connectivity index is 3.37. The Bertz CT molecular complexity index is 475. The maximum atomic E-state index is 11.2. The molecule has 0 saturated carbocycles. The Labute approximate surface area is 92.7 Å². The molecule has 0 spiro atoms. The number of rotatable bonds is 4. The van der Waals surface area contributed by atoms with Crippen LogP contribution in [-0.2, 0) is 9.59 Å². The van der Waals surface area contributed by atoms with Crippen LogP contribution in [-0.4, -0.2) is 17.0 Å². The molecule has 0 aromatic heterocycles. The highest BCUT2D eigenvalue weighted by Gasteiger charge is 2.12. The molecule has 0 aliphatic heterocycles. The first-order chi connectivity index (χ1) is 7.56. The minimum Gasteiger partial charge on any atom is -0.478 e. The van der Waals surface area contributed by atoms with Crippen molar-refractivity contribution in [3.05, 3.63) is 48.0 Å². The molecule has 1 aromatic carbocycles. The van der Waals surface area contributed by atoms with E-state index in [-0.39, 0.29) is 5.57 Å². The highest BCUT2D eigenvalue weighted by Crippen LogP contribution is 2.19. The summed E-state index contributed by atoms with van der Waals surface area (Å²) in [5.41, 5.74) is 6.22. The molecule has 4 nitrogen and oxygen atoms in total. The molecule has 1 aromatic rings. The van der Waals surface area contributed by atoms with Gasteiger partial charge in [-0.3, -0.25) is 4.79 Å². The molecular formula is C12H11NO3. The fraction of sp³-hybridized carbons (Fsp3) is 0. The highest BCUT2D eigenvalue weighted by atomic mass is 16.4. The number of aliphatic carboxylic acids is 1. The minimum atomic E-state index is -1.22. The van der Waals surface area contributed by atoms with Gasteiger partial charge < -0.3 is 10.8 Å². The molecule has 0 unspecified atom stereocenters. The van der Waals surface area contributed by atoms with Gasteiger partial charge in [-0.2, -0.15) is 0 Å². The first-order valence-corrected chi connectivity index (χ1v) is 4.52. The number of amides is 1. The van der Waals surface area contributed by atoms with Gasteiger partial charge in [0, 0.05) is 6.08 Å². The van der Waals surface area contributed by atoms with Gasteiger partial charge in [0.05, 0.1) is 5.57 Å². The number of hydrogen-bond acceptors (Lipinski definition) is 2. The molecule has 82 valence electrons. The van der Waals surface area contributed by atoms with E-state index in [1.165, 1.54) is 6.08 Å². The van der Waals surface area contributed by atoms with Crippen LogP contribution in [0.2, 0.25) is 0 Å². The molecule has 4 heteroatoms. The number of carbonyl (C=O) groups excluding carboxylic acids is 1. The van der Waals surface area contributed by atoms with E-state index in [4.69, 9.17) is 10.8 Å². The van der Waals surface area contributed by atoms with E-state index in [1.807, 2.05) is 0 Å². The Morgan fingerprint density at radius 2 is 1.94 bits per heavy atom. The van der Waals surface area contributed by atoms with Crippen molar-refractivity contribution < 1.29 is 14.7 Å². The summed E-state index contributed by atoms with van der Waals surface area (Å²) >= 11 is 0. The van der Waals surface area contributed by atoms with Crippen LogP contribution >= 0.6 is 0 Å². The molecule has 0 bridgehead atoms. The van der Waals surface area contributed by atoms with Crippen molar-refractivity contribution in [2.75, 3.05) is 0 Å². The third kappa shape index (κ3) is 2.57. The van der Waals surface area contributed by atoms with Crippen LogP contribution in [0.5, 0.6) is 0 Å². The molecule has 0 radical (unpaired) electrons. The largest absolute Gasteiger partial charge is 0.478 e. The zero-order valence-corrected chi connectivity index (χ0v) is 8.51. The van der Waals surface area contributed by atoms with Crippen LogP contribution < -0.4 is 5.73 Å². The second kappa shape index (κ2) is 4.93. The Hall–Kier alpha value is -2.36. The number of carboxylic acids is 1. The lowest BCUT2D eigenvalue weighted by molar-refractivity contribution is -0.131. The quantitative estimate of drug-likeness (QED) is 0.745. The van der Waals surface area contributed by atoms with Gasteiger partial charge in [-0.05, 0) is 11.1 Å². The SMILES string of the molecule is C=Cc1ccccc1/C(=C/C(=O)O)C(N)=O. The summed E-state index contributed by atoms with van der Waals surface area (Å²) in [6.45, 7) is 3.59. The number of benzene rings is 1. The minimum absolute atomic E-state index is 0.0389. The first-order valence-electron chi connectivity index (χ1n) is 4.52. The summed E-state index contributed by atoms with van der Waals surface area (Å²) in [6.07, 6.45) is 2.33. The Morgan fingerprint density at radius 3 is 2.44 bits per heavy atom.